The molecule has 1 amide bonds. The van der Waals surface area contributed by atoms with Gasteiger partial charge in [0.05, 0.1) is 0 Å². The number of hydrogen-bond donors (Lipinski definition) is 1. The number of carbonyl (C=O) groups excluding carboxylic acids is 1. The first-order valence-corrected chi connectivity index (χ1v) is 9.43. The number of nitrogens with zero attached hydrogens (tertiary/aromatic N) is 1. The molecule has 2 fully saturated rings. The highest BCUT2D eigenvalue weighted by Crippen LogP contribution is 2.36. The first-order valence-electron chi connectivity index (χ1n) is 9.43. The van der Waals surface area contributed by atoms with Crippen LogP contribution in [0.5, 0.6) is 0 Å². The van der Waals surface area contributed by atoms with Crippen LogP contribution in [0.25, 0.3) is 0 Å². The summed E-state index contributed by atoms with van der Waals surface area (Å²) in [5, 5.41) is 2.79. The van der Waals surface area contributed by atoms with E-state index < -0.39 is 18.2 Å². The van der Waals surface area contributed by atoms with Crippen molar-refractivity contribution in [3.63, 3.8) is 0 Å². The van der Waals surface area contributed by atoms with Gasteiger partial charge in [0.1, 0.15) is 11.9 Å². The molecule has 6 heteroatoms. The fraction of sp³-hybridized carbons (Fsp3) is 0.364. The monoisotopic (exact) mass is 380 g/mol. The molecular weight excluding hydrogens is 359 g/mol. The molecule has 1 aromatic heterocycles. The minimum absolute atomic E-state index is 0.370. The second-order valence-electron chi connectivity index (χ2n) is 7.07. The summed E-state index contributed by atoms with van der Waals surface area (Å²) in [7, 11) is 0. The van der Waals surface area contributed by atoms with E-state index in [4.69, 9.17) is 9.47 Å². The number of amides is 1. The maximum Gasteiger partial charge on any atom is 0.408 e. The maximum absolute atomic E-state index is 13.6. The first kappa shape index (κ1) is 18.5. The third-order valence-corrected chi connectivity index (χ3v) is 5.07. The molecule has 0 unspecified atom stereocenters. The Hall–Kier alpha value is -2.91. The first-order chi connectivity index (χ1) is 13.7. The van der Waals surface area contributed by atoms with Gasteiger partial charge >= 0.3 is 6.09 Å². The van der Waals surface area contributed by atoms with E-state index in [0.717, 1.165) is 43.6 Å². The summed E-state index contributed by atoms with van der Waals surface area (Å²) in [4.78, 5) is 16.1. The zero-order valence-electron chi connectivity index (χ0n) is 15.4. The number of alkyl carbamates (subject to hydrolysis) is 1. The van der Waals surface area contributed by atoms with Gasteiger partial charge in [-0.1, -0.05) is 24.0 Å². The maximum atomic E-state index is 13.6. The lowest BCUT2D eigenvalue weighted by atomic mass is 9.96. The van der Waals surface area contributed by atoms with Gasteiger partial charge in [0.2, 0.25) is 0 Å². The van der Waals surface area contributed by atoms with Crippen LogP contribution in [-0.2, 0) is 9.47 Å². The van der Waals surface area contributed by atoms with Gasteiger partial charge in [-0.2, -0.15) is 0 Å². The van der Waals surface area contributed by atoms with Crippen molar-refractivity contribution < 1.29 is 18.7 Å². The van der Waals surface area contributed by atoms with Crippen molar-refractivity contribution in [2.75, 3.05) is 13.2 Å². The van der Waals surface area contributed by atoms with Gasteiger partial charge in [-0.15, -0.1) is 0 Å². The van der Waals surface area contributed by atoms with Crippen molar-refractivity contribution in [2.24, 2.45) is 5.92 Å². The zero-order chi connectivity index (χ0) is 19.3. The molecule has 2 aliphatic rings. The van der Waals surface area contributed by atoms with E-state index in [2.05, 4.69) is 22.1 Å². The van der Waals surface area contributed by atoms with Crippen LogP contribution in [0.15, 0.2) is 42.7 Å². The molecule has 1 aromatic carbocycles. The van der Waals surface area contributed by atoms with Crippen LogP contribution in [0.3, 0.4) is 0 Å². The van der Waals surface area contributed by atoms with Gasteiger partial charge in [-0.25, -0.2) is 9.18 Å². The smallest absolute Gasteiger partial charge is 0.408 e. The molecule has 0 spiro atoms. The topological polar surface area (TPSA) is 60.5 Å². The molecule has 0 radical (unpaired) electrons. The predicted octanol–water partition coefficient (Wildman–Crippen LogP) is 3.91. The lowest BCUT2D eigenvalue weighted by Crippen LogP contribution is -2.19. The second kappa shape index (κ2) is 8.41. The van der Waals surface area contributed by atoms with E-state index in [1.165, 1.54) is 12.1 Å². The van der Waals surface area contributed by atoms with Crippen molar-refractivity contribution in [3.8, 4) is 11.8 Å². The molecule has 5 nitrogen and oxygen atoms in total. The molecule has 2 aromatic rings. The Bertz CT molecular complexity index is 915. The Morgan fingerprint density at radius 2 is 2.04 bits per heavy atom. The Labute approximate surface area is 163 Å². The number of rotatable bonds is 3. The Morgan fingerprint density at radius 3 is 2.86 bits per heavy atom. The Balaban J connectivity index is 1.52. The molecule has 4 rings (SSSR count). The number of aromatic nitrogens is 1. The number of nitrogens with one attached hydrogen (secondary N) is 1. The van der Waals surface area contributed by atoms with Crippen LogP contribution in [0, 0.1) is 23.6 Å². The van der Waals surface area contributed by atoms with Gasteiger partial charge in [0.15, 0.2) is 6.10 Å². The van der Waals surface area contributed by atoms with Gasteiger partial charge in [0, 0.05) is 37.6 Å². The average Bonchev–Trinajstić information content (AvgIpc) is 3.11. The molecule has 1 N–H and O–H groups in total. The van der Waals surface area contributed by atoms with Gasteiger partial charge in [-0.3, -0.25) is 4.98 Å². The number of carbonyl (C=O) groups is 1. The van der Waals surface area contributed by atoms with Crippen molar-refractivity contribution >= 4 is 6.09 Å². The van der Waals surface area contributed by atoms with Crippen LogP contribution in [0.1, 0.15) is 48.1 Å². The van der Waals surface area contributed by atoms with E-state index in [9.17, 15) is 9.18 Å². The average molecular weight is 380 g/mol. The minimum atomic E-state index is -0.615. The second-order valence-corrected chi connectivity index (χ2v) is 7.07. The summed E-state index contributed by atoms with van der Waals surface area (Å²) in [5.74, 6) is 6.61. The largest absolute Gasteiger partial charge is 0.439 e. The van der Waals surface area contributed by atoms with E-state index in [-0.39, 0.29) is 5.82 Å². The Morgan fingerprint density at radius 1 is 1.18 bits per heavy atom. The summed E-state index contributed by atoms with van der Waals surface area (Å²) >= 11 is 0. The lowest BCUT2D eigenvalue weighted by Gasteiger charge is -2.19. The van der Waals surface area contributed by atoms with Crippen LogP contribution < -0.4 is 5.32 Å². The van der Waals surface area contributed by atoms with Crippen LogP contribution >= 0.6 is 0 Å². The van der Waals surface area contributed by atoms with E-state index >= 15 is 0 Å². The summed E-state index contributed by atoms with van der Waals surface area (Å²) in [6.07, 6.45) is 5.17. The molecule has 144 valence electrons. The number of pyridine rings is 1. The quantitative estimate of drug-likeness (QED) is 0.820. The van der Waals surface area contributed by atoms with E-state index in [1.54, 1.807) is 24.5 Å². The SMILES string of the molecule is O=C1N[C@H](c2cncc(C#CCC3CCOCC3)c2)[C@@H](c2cccc(F)c2)O1. The number of benzene rings is 1. The molecule has 28 heavy (non-hydrogen) atoms. The molecule has 0 saturated carbocycles. The van der Waals surface area contributed by atoms with Gasteiger partial charge in [0.25, 0.3) is 0 Å². The summed E-state index contributed by atoms with van der Waals surface area (Å²) in [6.45, 7) is 1.62. The number of cyclic esters (lactones) is 1. The minimum Gasteiger partial charge on any atom is -0.439 e. The highest BCUT2D eigenvalue weighted by Gasteiger charge is 2.36. The van der Waals surface area contributed by atoms with Crippen molar-refractivity contribution in [1.29, 1.82) is 0 Å². The van der Waals surface area contributed by atoms with Gasteiger partial charge < -0.3 is 14.8 Å². The third kappa shape index (κ3) is 4.32. The molecule has 0 aliphatic carbocycles. The lowest BCUT2D eigenvalue weighted by molar-refractivity contribution is 0.0678. The third-order valence-electron chi connectivity index (χ3n) is 5.07. The van der Waals surface area contributed by atoms with Gasteiger partial charge in [-0.05, 0) is 48.1 Å². The Kier molecular flexibility index (Phi) is 5.54. The summed E-state index contributed by atoms with van der Waals surface area (Å²) in [5.41, 5.74) is 2.15. The molecule has 0 bridgehead atoms. The predicted molar refractivity (Wildman–Crippen MR) is 101 cm³/mol. The fourth-order valence-electron chi connectivity index (χ4n) is 3.57. The van der Waals surface area contributed by atoms with Crippen molar-refractivity contribution in [2.45, 2.75) is 31.4 Å². The molecular formula is C22H21FN2O3. The van der Waals surface area contributed by atoms with Crippen molar-refractivity contribution in [1.82, 2.24) is 10.3 Å². The van der Waals surface area contributed by atoms with E-state index in [0.29, 0.717) is 11.5 Å². The highest BCUT2D eigenvalue weighted by atomic mass is 19.1. The number of halogens is 1. The molecule has 2 atom stereocenters. The summed E-state index contributed by atoms with van der Waals surface area (Å²) in [6, 6.07) is 7.53. The fourth-order valence-corrected chi connectivity index (χ4v) is 3.57. The molecule has 2 saturated heterocycles. The van der Waals surface area contributed by atoms with E-state index in [1.807, 2.05) is 6.07 Å². The van der Waals surface area contributed by atoms with Crippen molar-refractivity contribution in [3.05, 3.63) is 65.2 Å². The summed E-state index contributed by atoms with van der Waals surface area (Å²) < 4.78 is 24.4. The normalized spacial score (nSPS) is 22.1. The van der Waals surface area contributed by atoms with Crippen LogP contribution in [0.4, 0.5) is 9.18 Å². The van der Waals surface area contributed by atoms with Crippen LogP contribution in [-0.4, -0.2) is 24.3 Å². The van der Waals surface area contributed by atoms with Crippen LogP contribution in [0.2, 0.25) is 0 Å². The molecule has 3 heterocycles. The zero-order valence-corrected chi connectivity index (χ0v) is 15.4. The highest BCUT2D eigenvalue weighted by molar-refractivity contribution is 5.71. The number of hydrogen-bond acceptors (Lipinski definition) is 4. The standard InChI is InChI=1S/C22H21FN2O3/c23-19-6-2-5-17(12-19)21-20(25-22(26)28-21)18-11-16(13-24-14-18)4-1-3-15-7-9-27-10-8-15/h2,5-6,11-15,20-21H,3,7-10H2,(H,25,26)/t20-,21-/m1/s1. The number of ether oxygens (including phenoxy) is 2. The molecule has 2 aliphatic heterocycles.